The zero-order valence-electron chi connectivity index (χ0n) is 10.6. The second-order valence-corrected chi connectivity index (χ2v) is 5.38. The first-order valence-electron chi connectivity index (χ1n) is 5.98. The number of benzene rings is 1. The topological polar surface area (TPSA) is 42.4 Å². The Balaban J connectivity index is 2.21. The van der Waals surface area contributed by atoms with E-state index in [2.05, 4.69) is 15.9 Å². The molecule has 0 radical (unpaired) electrons. The number of rotatable bonds is 5. The van der Waals surface area contributed by atoms with Gasteiger partial charge in [-0.15, -0.1) is 0 Å². The standard InChI is InChI=1S/C14H16BrFN2O/c1-18(8-10-4-5-19-9-10)14(7-17)12-6-11(15)2-3-13(12)16/h2-6,9,14H,7-8,17H2,1H3. The van der Waals surface area contributed by atoms with Gasteiger partial charge in [0, 0.05) is 34.7 Å². The van der Waals surface area contributed by atoms with Gasteiger partial charge >= 0.3 is 0 Å². The highest BCUT2D eigenvalue weighted by molar-refractivity contribution is 9.10. The average Bonchev–Trinajstić information content (AvgIpc) is 2.87. The molecule has 102 valence electrons. The third-order valence-electron chi connectivity index (χ3n) is 3.08. The van der Waals surface area contributed by atoms with Gasteiger partial charge in [-0.05, 0) is 31.3 Å². The van der Waals surface area contributed by atoms with Crippen LogP contribution in [-0.4, -0.2) is 18.5 Å². The molecule has 0 saturated carbocycles. The van der Waals surface area contributed by atoms with E-state index in [0.717, 1.165) is 10.0 Å². The van der Waals surface area contributed by atoms with Crippen molar-refractivity contribution >= 4 is 15.9 Å². The van der Waals surface area contributed by atoms with Crippen LogP contribution in [0, 0.1) is 5.82 Å². The molecule has 2 rings (SSSR count). The number of halogens is 2. The van der Waals surface area contributed by atoms with Gasteiger partial charge in [0.05, 0.1) is 12.5 Å². The lowest BCUT2D eigenvalue weighted by Gasteiger charge is -2.27. The van der Waals surface area contributed by atoms with Gasteiger partial charge in [0.15, 0.2) is 0 Å². The Morgan fingerprint density at radius 3 is 2.84 bits per heavy atom. The third kappa shape index (κ3) is 3.43. The van der Waals surface area contributed by atoms with E-state index >= 15 is 0 Å². The minimum absolute atomic E-state index is 0.174. The summed E-state index contributed by atoms with van der Waals surface area (Å²) in [4.78, 5) is 2.01. The highest BCUT2D eigenvalue weighted by Crippen LogP contribution is 2.26. The van der Waals surface area contributed by atoms with Crippen molar-refractivity contribution in [2.45, 2.75) is 12.6 Å². The van der Waals surface area contributed by atoms with Crippen LogP contribution in [0.2, 0.25) is 0 Å². The summed E-state index contributed by atoms with van der Waals surface area (Å²) >= 11 is 3.36. The minimum atomic E-state index is -0.238. The number of nitrogens with two attached hydrogens (primary N) is 1. The van der Waals surface area contributed by atoms with Crippen LogP contribution in [0.25, 0.3) is 0 Å². The molecule has 1 aromatic heterocycles. The minimum Gasteiger partial charge on any atom is -0.472 e. The highest BCUT2D eigenvalue weighted by atomic mass is 79.9. The lowest BCUT2D eigenvalue weighted by molar-refractivity contribution is 0.236. The molecule has 1 heterocycles. The number of furan rings is 1. The maximum atomic E-state index is 13.9. The molecule has 0 bridgehead atoms. The second-order valence-electron chi connectivity index (χ2n) is 4.46. The van der Waals surface area contributed by atoms with Gasteiger partial charge in [-0.25, -0.2) is 4.39 Å². The molecule has 1 aromatic carbocycles. The maximum absolute atomic E-state index is 13.9. The third-order valence-corrected chi connectivity index (χ3v) is 3.58. The molecular formula is C14H16BrFN2O. The lowest BCUT2D eigenvalue weighted by atomic mass is 10.0. The van der Waals surface area contributed by atoms with E-state index in [-0.39, 0.29) is 11.9 Å². The number of nitrogens with zero attached hydrogens (tertiary/aromatic N) is 1. The van der Waals surface area contributed by atoms with Crippen molar-refractivity contribution < 1.29 is 8.81 Å². The lowest BCUT2D eigenvalue weighted by Crippen LogP contribution is -2.30. The van der Waals surface area contributed by atoms with Crippen LogP contribution in [0.3, 0.4) is 0 Å². The van der Waals surface area contributed by atoms with E-state index < -0.39 is 0 Å². The first-order chi connectivity index (χ1) is 9.11. The molecule has 0 aliphatic carbocycles. The van der Waals surface area contributed by atoms with Crippen LogP contribution < -0.4 is 5.73 Å². The van der Waals surface area contributed by atoms with Gasteiger partial charge in [0.25, 0.3) is 0 Å². The van der Waals surface area contributed by atoms with E-state index in [1.54, 1.807) is 24.7 Å². The second kappa shape index (κ2) is 6.32. The zero-order valence-corrected chi connectivity index (χ0v) is 12.2. The fourth-order valence-corrected chi connectivity index (χ4v) is 2.47. The summed E-state index contributed by atoms with van der Waals surface area (Å²) in [6.07, 6.45) is 3.31. The molecule has 0 amide bonds. The predicted molar refractivity (Wildman–Crippen MR) is 76.1 cm³/mol. The summed E-state index contributed by atoms with van der Waals surface area (Å²) in [6.45, 7) is 1.01. The summed E-state index contributed by atoms with van der Waals surface area (Å²) in [5.74, 6) is -0.238. The van der Waals surface area contributed by atoms with Crippen molar-refractivity contribution in [2.24, 2.45) is 5.73 Å². The van der Waals surface area contributed by atoms with Gasteiger partial charge in [0.2, 0.25) is 0 Å². The largest absolute Gasteiger partial charge is 0.472 e. The van der Waals surface area contributed by atoms with Crippen LogP contribution in [0.1, 0.15) is 17.2 Å². The fourth-order valence-electron chi connectivity index (χ4n) is 2.10. The van der Waals surface area contributed by atoms with E-state index in [1.807, 2.05) is 18.0 Å². The van der Waals surface area contributed by atoms with Crippen LogP contribution in [0.4, 0.5) is 4.39 Å². The van der Waals surface area contributed by atoms with Crippen LogP contribution >= 0.6 is 15.9 Å². The van der Waals surface area contributed by atoms with E-state index in [1.165, 1.54) is 6.07 Å². The van der Waals surface area contributed by atoms with Crippen LogP contribution in [-0.2, 0) is 6.54 Å². The fraction of sp³-hybridized carbons (Fsp3) is 0.286. The molecule has 2 aromatic rings. The normalized spacial score (nSPS) is 12.9. The SMILES string of the molecule is CN(Cc1ccoc1)C(CN)c1cc(Br)ccc1F. The first-order valence-corrected chi connectivity index (χ1v) is 6.77. The molecule has 19 heavy (non-hydrogen) atoms. The maximum Gasteiger partial charge on any atom is 0.128 e. The summed E-state index contributed by atoms with van der Waals surface area (Å²) < 4.78 is 19.8. The molecule has 0 saturated heterocycles. The monoisotopic (exact) mass is 326 g/mol. The van der Waals surface area contributed by atoms with Crippen molar-refractivity contribution in [2.75, 3.05) is 13.6 Å². The van der Waals surface area contributed by atoms with E-state index in [4.69, 9.17) is 10.2 Å². The predicted octanol–water partition coefficient (Wildman–Crippen LogP) is 3.31. The molecule has 0 spiro atoms. The quantitative estimate of drug-likeness (QED) is 0.916. The van der Waals surface area contributed by atoms with Gasteiger partial charge in [-0.3, -0.25) is 4.90 Å². The van der Waals surface area contributed by atoms with Crippen molar-refractivity contribution in [3.05, 3.63) is 58.2 Å². The summed E-state index contributed by atoms with van der Waals surface area (Å²) in [7, 11) is 1.92. The molecule has 0 aliphatic heterocycles. The Hall–Kier alpha value is -1.17. The highest BCUT2D eigenvalue weighted by Gasteiger charge is 2.19. The zero-order chi connectivity index (χ0) is 13.8. The Morgan fingerprint density at radius 1 is 1.42 bits per heavy atom. The first kappa shape index (κ1) is 14.2. The molecule has 5 heteroatoms. The van der Waals surface area contributed by atoms with E-state index in [9.17, 15) is 4.39 Å². The number of likely N-dealkylation sites (N-methyl/N-ethyl adjacent to an activating group) is 1. The molecule has 2 N–H and O–H groups in total. The summed E-state index contributed by atoms with van der Waals surface area (Å²) in [5.41, 5.74) is 7.44. The van der Waals surface area contributed by atoms with Crippen LogP contribution in [0.15, 0.2) is 45.7 Å². The molecule has 3 nitrogen and oxygen atoms in total. The van der Waals surface area contributed by atoms with E-state index in [0.29, 0.717) is 18.7 Å². The summed E-state index contributed by atoms with van der Waals surface area (Å²) in [5, 5.41) is 0. The van der Waals surface area contributed by atoms with Crippen molar-refractivity contribution in [1.29, 1.82) is 0 Å². The van der Waals surface area contributed by atoms with Crippen molar-refractivity contribution in [1.82, 2.24) is 4.90 Å². The van der Waals surface area contributed by atoms with Gasteiger partial charge < -0.3 is 10.2 Å². The van der Waals surface area contributed by atoms with Gasteiger partial charge in [-0.2, -0.15) is 0 Å². The Kier molecular flexibility index (Phi) is 4.74. The van der Waals surface area contributed by atoms with Gasteiger partial charge in [-0.1, -0.05) is 15.9 Å². The molecule has 1 unspecified atom stereocenters. The molecule has 0 aliphatic rings. The van der Waals surface area contributed by atoms with Crippen molar-refractivity contribution in [3.63, 3.8) is 0 Å². The molecular weight excluding hydrogens is 311 g/mol. The van der Waals surface area contributed by atoms with Gasteiger partial charge in [0.1, 0.15) is 5.82 Å². The summed E-state index contributed by atoms with van der Waals surface area (Å²) in [6, 6.07) is 6.63. The smallest absolute Gasteiger partial charge is 0.128 e. The number of hydrogen-bond donors (Lipinski definition) is 1. The Bertz CT molecular complexity index is 530. The molecule has 0 fully saturated rings. The van der Waals surface area contributed by atoms with Crippen molar-refractivity contribution in [3.8, 4) is 0 Å². The average molecular weight is 327 g/mol. The Morgan fingerprint density at radius 2 is 2.21 bits per heavy atom. The number of hydrogen-bond acceptors (Lipinski definition) is 3. The molecule has 1 atom stereocenters. The van der Waals surface area contributed by atoms with Crippen LogP contribution in [0.5, 0.6) is 0 Å². The Labute approximate surface area is 120 Å².